The Bertz CT molecular complexity index is 1080. The zero-order valence-corrected chi connectivity index (χ0v) is 26.8. The maximum absolute atomic E-state index is 7.70. The molecule has 0 amide bonds. The Balaban J connectivity index is 1.66. The van der Waals surface area contributed by atoms with E-state index in [1.165, 1.54) is 10.4 Å². The van der Waals surface area contributed by atoms with E-state index in [4.69, 9.17) is 22.8 Å². The van der Waals surface area contributed by atoms with Gasteiger partial charge in [-0.2, -0.15) is 0 Å². The van der Waals surface area contributed by atoms with Gasteiger partial charge in [-0.1, -0.05) is 123 Å². The Morgan fingerprint density at radius 2 is 1.29 bits per heavy atom. The highest BCUT2D eigenvalue weighted by atomic mass is 28.4. The second kappa shape index (κ2) is 9.09. The minimum atomic E-state index is -2.84. The quantitative estimate of drug-likeness (QED) is 0.348. The fourth-order valence-electron chi connectivity index (χ4n) is 7.06. The lowest BCUT2D eigenvalue weighted by Gasteiger charge is -2.57. The number of fused-ring (bicyclic) bond motifs is 2. The molecule has 0 saturated carbocycles. The van der Waals surface area contributed by atoms with E-state index >= 15 is 0 Å². The lowest BCUT2D eigenvalue weighted by atomic mass is 9.99. The van der Waals surface area contributed by atoms with Gasteiger partial charge >= 0.3 is 8.56 Å². The number of epoxide rings is 1. The van der Waals surface area contributed by atoms with E-state index in [9.17, 15) is 0 Å². The zero-order valence-electron chi connectivity index (χ0n) is 24.8. The molecule has 3 saturated heterocycles. The molecule has 3 aliphatic heterocycles. The summed E-state index contributed by atoms with van der Waals surface area (Å²) < 4.78 is 34.6. The lowest BCUT2D eigenvalue weighted by Crippen LogP contribution is -2.74. The topological polar surface area (TPSA) is 49.5 Å². The molecule has 5 nitrogen and oxygen atoms in total. The molecule has 5 rings (SSSR count). The molecule has 0 bridgehead atoms. The van der Waals surface area contributed by atoms with Crippen LogP contribution in [0.5, 0.6) is 0 Å². The maximum atomic E-state index is 7.70. The number of hydrogen-bond acceptors (Lipinski definition) is 5. The summed E-state index contributed by atoms with van der Waals surface area (Å²) in [5.41, 5.74) is 0. The summed E-state index contributed by atoms with van der Waals surface area (Å²) in [6, 6.07) is 21.6. The summed E-state index contributed by atoms with van der Waals surface area (Å²) in [4.78, 5) is 0. The van der Waals surface area contributed by atoms with Crippen LogP contribution in [0.4, 0.5) is 0 Å². The molecule has 7 heteroatoms. The highest BCUT2D eigenvalue weighted by Crippen LogP contribution is 2.58. The molecule has 0 N–H and O–H groups in total. The van der Waals surface area contributed by atoms with Crippen LogP contribution < -0.4 is 10.4 Å². The monoisotopic (exact) mass is 554 g/mol. The van der Waals surface area contributed by atoms with Crippen LogP contribution in [-0.4, -0.2) is 53.7 Å². The molecule has 0 aliphatic carbocycles. The fraction of sp³-hybridized carbons (Fsp3) is 0.613. The summed E-state index contributed by atoms with van der Waals surface area (Å²) in [5, 5.41) is 2.09. The van der Waals surface area contributed by atoms with Crippen LogP contribution in [0.3, 0.4) is 0 Å². The fourth-order valence-corrected chi connectivity index (χ4v) is 16.7. The van der Waals surface area contributed by atoms with E-state index in [1.807, 2.05) is 6.92 Å². The van der Waals surface area contributed by atoms with Crippen LogP contribution in [0.25, 0.3) is 0 Å². The molecule has 3 aliphatic rings. The molecule has 3 heterocycles. The Kier molecular flexibility index (Phi) is 6.75. The van der Waals surface area contributed by atoms with Crippen molar-refractivity contribution in [2.24, 2.45) is 0 Å². The van der Waals surface area contributed by atoms with Crippen LogP contribution in [0.1, 0.15) is 69.2 Å². The van der Waals surface area contributed by atoms with Crippen molar-refractivity contribution in [3.05, 3.63) is 60.7 Å². The minimum absolute atomic E-state index is 0.136. The van der Waals surface area contributed by atoms with Gasteiger partial charge < -0.3 is 22.8 Å². The van der Waals surface area contributed by atoms with E-state index in [0.717, 1.165) is 0 Å². The van der Waals surface area contributed by atoms with Crippen molar-refractivity contribution in [2.45, 2.75) is 115 Å². The third-order valence-electron chi connectivity index (χ3n) is 8.65. The normalized spacial score (nSPS) is 31.3. The van der Waals surface area contributed by atoms with E-state index in [-0.39, 0.29) is 39.5 Å². The van der Waals surface area contributed by atoms with Gasteiger partial charge in [0.2, 0.25) is 0 Å². The van der Waals surface area contributed by atoms with Crippen molar-refractivity contribution in [1.29, 1.82) is 0 Å². The molecule has 5 atom stereocenters. The average Bonchev–Trinajstić information content (AvgIpc) is 3.51. The van der Waals surface area contributed by atoms with E-state index in [0.29, 0.717) is 6.61 Å². The molecule has 38 heavy (non-hydrogen) atoms. The average molecular weight is 555 g/mol. The van der Waals surface area contributed by atoms with Crippen molar-refractivity contribution >= 4 is 27.3 Å². The van der Waals surface area contributed by atoms with Crippen molar-refractivity contribution in [2.75, 3.05) is 6.61 Å². The van der Waals surface area contributed by atoms with E-state index in [1.54, 1.807) is 0 Å². The summed E-state index contributed by atoms with van der Waals surface area (Å²) >= 11 is 0. The van der Waals surface area contributed by atoms with Gasteiger partial charge in [0.05, 0.1) is 6.61 Å². The van der Waals surface area contributed by atoms with Gasteiger partial charge in [0.1, 0.15) is 24.4 Å². The Hall–Kier alpha value is -1.33. The van der Waals surface area contributed by atoms with E-state index in [2.05, 4.69) is 123 Å². The van der Waals surface area contributed by atoms with Crippen LogP contribution in [-0.2, 0) is 22.8 Å². The first-order valence-corrected chi connectivity index (χ1v) is 17.7. The van der Waals surface area contributed by atoms with Crippen molar-refractivity contribution in [1.82, 2.24) is 0 Å². The van der Waals surface area contributed by atoms with Crippen molar-refractivity contribution in [3.63, 3.8) is 0 Å². The zero-order chi connectivity index (χ0) is 27.8. The molecular weight excluding hydrogens is 509 g/mol. The largest absolute Gasteiger partial charge is 0.399 e. The van der Waals surface area contributed by atoms with E-state index < -0.39 is 22.7 Å². The van der Waals surface area contributed by atoms with Crippen LogP contribution in [0.2, 0.25) is 15.1 Å². The minimum Gasteiger partial charge on any atom is -0.399 e. The molecule has 3 fully saturated rings. The Morgan fingerprint density at radius 3 is 1.74 bits per heavy atom. The Morgan fingerprint density at radius 1 is 0.789 bits per heavy atom. The van der Waals surface area contributed by atoms with Crippen molar-refractivity contribution < 1.29 is 22.8 Å². The molecule has 0 unspecified atom stereocenters. The van der Waals surface area contributed by atoms with Crippen LogP contribution >= 0.6 is 0 Å². The van der Waals surface area contributed by atoms with Gasteiger partial charge in [0, 0.05) is 10.1 Å². The highest BCUT2D eigenvalue weighted by molar-refractivity contribution is 6.99. The third kappa shape index (κ3) is 4.30. The molecule has 0 aromatic heterocycles. The van der Waals surface area contributed by atoms with Crippen LogP contribution in [0, 0.1) is 0 Å². The smallest absolute Gasteiger partial charge is 0.349 e. The lowest BCUT2D eigenvalue weighted by molar-refractivity contribution is -0.197. The summed E-state index contributed by atoms with van der Waals surface area (Å²) in [6.45, 7) is 23.0. The number of benzene rings is 2. The van der Waals surface area contributed by atoms with Gasteiger partial charge in [-0.3, -0.25) is 0 Å². The molecule has 208 valence electrons. The Labute approximate surface area is 231 Å². The molecule has 2 aromatic carbocycles. The standard InChI is InChI=1S/C31H46O5Si2/c1-28(2,3)37(22-17-13-11-14-18-22,23-19-15-12-16-20-23)35-26-25-24(33-31(10)27(26)34-31)21-32-38(36-25,29(4,5)6)30(7,8)9/h11-20,24-27H,21H2,1-10H3/t24-,25-,26+,27-,31+/m1/s1. The first-order valence-electron chi connectivity index (χ1n) is 14.0. The highest BCUT2D eigenvalue weighted by Gasteiger charge is 2.72. The predicted molar refractivity (Wildman–Crippen MR) is 157 cm³/mol. The van der Waals surface area contributed by atoms with Gasteiger partial charge in [0.25, 0.3) is 8.32 Å². The molecule has 2 aromatic rings. The number of ether oxygens (including phenoxy) is 2. The summed E-state index contributed by atoms with van der Waals surface area (Å²) in [5.74, 6) is -0.672. The predicted octanol–water partition coefficient (Wildman–Crippen LogP) is 5.90. The molecular formula is C31H46O5Si2. The number of rotatable bonds is 4. The molecule has 0 radical (unpaired) electrons. The van der Waals surface area contributed by atoms with Gasteiger partial charge in [0.15, 0.2) is 5.79 Å². The number of hydrogen-bond donors (Lipinski definition) is 0. The second-order valence-electron chi connectivity index (χ2n) is 14.5. The van der Waals surface area contributed by atoms with Crippen molar-refractivity contribution in [3.8, 4) is 0 Å². The third-order valence-corrected chi connectivity index (χ3v) is 18.8. The second-order valence-corrected chi connectivity index (χ2v) is 23.5. The van der Waals surface area contributed by atoms with Crippen LogP contribution in [0.15, 0.2) is 60.7 Å². The first kappa shape index (κ1) is 28.2. The van der Waals surface area contributed by atoms with Gasteiger partial charge in [-0.25, -0.2) is 0 Å². The molecule has 0 spiro atoms. The first-order chi connectivity index (χ1) is 17.6. The van der Waals surface area contributed by atoms with Gasteiger partial charge in [-0.05, 0) is 22.3 Å². The SMILES string of the molecule is CC(C)(C)[Si](O[C@H]1[C@@H]2O[Si](C(C)(C)C)(C(C)(C)C)OC[C@H]2O[C@@]2(C)O[C@H]12)(c1ccccc1)c1ccccc1. The summed E-state index contributed by atoms with van der Waals surface area (Å²) in [7, 11) is -5.59. The van der Waals surface area contributed by atoms with Gasteiger partial charge in [-0.15, -0.1) is 0 Å². The summed E-state index contributed by atoms with van der Waals surface area (Å²) in [6.07, 6.45) is -0.968. The maximum Gasteiger partial charge on any atom is 0.349 e.